The summed E-state index contributed by atoms with van der Waals surface area (Å²) in [5.74, 6) is -2.16. The zero-order valence-corrected chi connectivity index (χ0v) is 21.1. The molecule has 1 aliphatic heterocycles. The number of likely N-dealkylation sites (N-methyl/N-ethyl adjacent to an activating group) is 1. The third-order valence-corrected chi connectivity index (χ3v) is 5.27. The number of nitrogens with one attached hydrogen (secondary N) is 2. The minimum Gasteiger partial charge on any atom is -1.00 e. The van der Waals surface area contributed by atoms with Crippen molar-refractivity contribution in [1.82, 2.24) is 15.5 Å². The van der Waals surface area contributed by atoms with Crippen LogP contribution in [0, 0.1) is 6.92 Å². The molecule has 2 atom stereocenters. The summed E-state index contributed by atoms with van der Waals surface area (Å²) < 4.78 is 0. The van der Waals surface area contributed by atoms with Crippen molar-refractivity contribution in [2.45, 2.75) is 32.4 Å². The first-order chi connectivity index (χ1) is 15.2. The van der Waals surface area contributed by atoms with Crippen LogP contribution < -0.4 is 40.2 Å². The second-order valence-corrected chi connectivity index (χ2v) is 7.82. The van der Waals surface area contributed by atoms with Crippen molar-refractivity contribution in [1.29, 1.82) is 0 Å². The Morgan fingerprint density at radius 2 is 1.76 bits per heavy atom. The van der Waals surface area contributed by atoms with E-state index in [2.05, 4.69) is 10.6 Å². The van der Waals surface area contributed by atoms with E-state index in [1.54, 1.807) is 19.1 Å². The molecule has 33 heavy (non-hydrogen) atoms. The topological polar surface area (TPSA) is 116 Å². The Balaban J connectivity index is 0.00000289. The smallest absolute Gasteiger partial charge is 1.00 e. The van der Waals surface area contributed by atoms with Gasteiger partial charge in [0, 0.05) is 18.8 Å². The third-order valence-electron chi connectivity index (χ3n) is 5.27. The molecule has 3 amide bonds. The quantitative estimate of drug-likeness (QED) is 0.413. The maximum absolute atomic E-state index is 12.6. The molecule has 0 bridgehead atoms. The predicted octanol–water partition coefficient (Wildman–Crippen LogP) is -0.0930. The summed E-state index contributed by atoms with van der Waals surface area (Å²) in [6, 6.07) is 12.1. The van der Waals surface area contributed by atoms with Crippen molar-refractivity contribution in [3.63, 3.8) is 0 Å². The maximum atomic E-state index is 12.6. The number of Topliss-reactive ketones (excluding diaryl/α,β-unsaturated/α-hetero) is 1. The van der Waals surface area contributed by atoms with Gasteiger partial charge in [-0.25, -0.2) is 4.79 Å². The molecule has 8 nitrogen and oxygen atoms in total. The minimum absolute atomic E-state index is 0. The fourth-order valence-corrected chi connectivity index (χ4v) is 3.53. The van der Waals surface area contributed by atoms with E-state index in [-0.39, 0.29) is 37.4 Å². The first-order valence-electron chi connectivity index (χ1n) is 10.1. The van der Waals surface area contributed by atoms with Gasteiger partial charge in [-0.05, 0) is 36.6 Å². The molecule has 3 rings (SSSR count). The number of urea groups is 1. The van der Waals surface area contributed by atoms with Gasteiger partial charge in [0.15, 0.2) is 11.8 Å². The summed E-state index contributed by atoms with van der Waals surface area (Å²) >= 11 is 0. The molecule has 0 saturated heterocycles. The third kappa shape index (κ3) is 6.54. The monoisotopic (exact) mass is 459 g/mol. The normalized spacial score (nSPS) is 16.4. The van der Waals surface area contributed by atoms with Gasteiger partial charge in [-0.3, -0.25) is 14.4 Å². The molecule has 1 aliphatic rings. The SMILES string of the molecule is CC1=CN(C)C(=O)C(NC(=O)N[C@@H](CC(=O)O)c2cccc(-c3ccc(C)cc3)c2)C1=O.[H-].[Na+]. The van der Waals surface area contributed by atoms with E-state index in [0.717, 1.165) is 16.7 Å². The number of nitrogens with zero attached hydrogens (tertiary/aromatic N) is 1. The average molecular weight is 459 g/mol. The number of carbonyl (C=O) groups excluding carboxylic acids is 3. The Hall–Kier alpha value is -2.94. The van der Waals surface area contributed by atoms with Crippen molar-refractivity contribution < 1.29 is 55.3 Å². The molecular weight excluding hydrogens is 433 g/mol. The van der Waals surface area contributed by atoms with E-state index >= 15 is 0 Å². The number of rotatable bonds is 6. The predicted molar refractivity (Wildman–Crippen MR) is 120 cm³/mol. The summed E-state index contributed by atoms with van der Waals surface area (Å²) in [6.07, 6.45) is 1.04. The fourth-order valence-electron chi connectivity index (χ4n) is 3.53. The summed E-state index contributed by atoms with van der Waals surface area (Å²) in [5.41, 5.74) is 3.88. The van der Waals surface area contributed by atoms with Crippen LogP contribution in [-0.4, -0.2) is 46.8 Å². The minimum atomic E-state index is -1.35. The van der Waals surface area contributed by atoms with Gasteiger partial charge < -0.3 is 22.1 Å². The Bertz CT molecular complexity index is 1100. The number of benzene rings is 2. The molecule has 0 aromatic heterocycles. The second-order valence-electron chi connectivity index (χ2n) is 7.82. The number of carboxylic acids is 1. The molecule has 0 saturated carbocycles. The zero-order chi connectivity index (χ0) is 23.4. The summed E-state index contributed by atoms with van der Waals surface area (Å²) in [4.78, 5) is 49.9. The maximum Gasteiger partial charge on any atom is 1.00 e. The van der Waals surface area contributed by atoms with Gasteiger partial charge in [-0.15, -0.1) is 0 Å². The van der Waals surface area contributed by atoms with Gasteiger partial charge in [0.05, 0.1) is 12.5 Å². The Kier molecular flexibility index (Phi) is 8.99. The van der Waals surface area contributed by atoms with E-state index in [1.807, 2.05) is 43.3 Å². The number of ketones is 1. The van der Waals surface area contributed by atoms with Crippen molar-refractivity contribution in [3.05, 3.63) is 71.4 Å². The van der Waals surface area contributed by atoms with E-state index in [4.69, 9.17) is 0 Å². The zero-order valence-electron chi connectivity index (χ0n) is 20.1. The van der Waals surface area contributed by atoms with Gasteiger partial charge in [-0.2, -0.15) is 0 Å². The van der Waals surface area contributed by atoms with Gasteiger partial charge in [-0.1, -0.05) is 48.0 Å². The molecule has 3 N–H and O–H groups in total. The van der Waals surface area contributed by atoms with Crippen LogP contribution in [0.15, 0.2) is 60.3 Å². The number of hydrogen-bond acceptors (Lipinski definition) is 4. The number of amides is 3. The van der Waals surface area contributed by atoms with E-state index in [1.165, 1.54) is 18.1 Å². The molecular formula is C24H26N3NaO5. The van der Waals surface area contributed by atoms with Crippen molar-refractivity contribution in [2.75, 3.05) is 7.05 Å². The number of hydrogen-bond donors (Lipinski definition) is 3. The summed E-state index contributed by atoms with van der Waals surface area (Å²) in [5, 5.41) is 14.3. The van der Waals surface area contributed by atoms with Crippen LogP contribution in [-0.2, 0) is 14.4 Å². The van der Waals surface area contributed by atoms with Crippen LogP contribution in [0.5, 0.6) is 0 Å². The van der Waals surface area contributed by atoms with Crippen LogP contribution in [0.1, 0.15) is 31.9 Å². The van der Waals surface area contributed by atoms with Crippen LogP contribution in [0.2, 0.25) is 0 Å². The molecule has 0 aliphatic carbocycles. The molecule has 0 fully saturated rings. The van der Waals surface area contributed by atoms with Crippen LogP contribution >= 0.6 is 0 Å². The van der Waals surface area contributed by atoms with Crippen molar-refractivity contribution >= 4 is 23.7 Å². The Labute approximate surface area is 215 Å². The van der Waals surface area contributed by atoms with Gasteiger partial charge in [0.2, 0.25) is 0 Å². The van der Waals surface area contributed by atoms with Gasteiger partial charge in [0.25, 0.3) is 5.91 Å². The summed E-state index contributed by atoms with van der Waals surface area (Å²) in [7, 11) is 1.49. The molecule has 0 radical (unpaired) electrons. The van der Waals surface area contributed by atoms with E-state index in [0.29, 0.717) is 11.1 Å². The first-order valence-corrected chi connectivity index (χ1v) is 10.1. The summed E-state index contributed by atoms with van der Waals surface area (Å²) in [6.45, 7) is 3.55. The van der Waals surface area contributed by atoms with Crippen molar-refractivity contribution in [3.8, 4) is 11.1 Å². The average Bonchev–Trinajstić information content (AvgIpc) is 2.75. The number of carboxylic acid groups (broad SMARTS) is 1. The van der Waals surface area contributed by atoms with Crippen molar-refractivity contribution in [2.24, 2.45) is 0 Å². The largest absolute Gasteiger partial charge is 1.00 e. The molecule has 1 unspecified atom stereocenters. The molecule has 1 heterocycles. The van der Waals surface area contributed by atoms with E-state index in [9.17, 15) is 24.3 Å². The second kappa shape index (κ2) is 11.3. The van der Waals surface area contributed by atoms with Crippen LogP contribution in [0.25, 0.3) is 11.1 Å². The van der Waals surface area contributed by atoms with Crippen LogP contribution in [0.3, 0.4) is 0 Å². The molecule has 2 aromatic rings. The standard InChI is InChI=1S/C24H25N3O5.Na.H/c1-14-7-9-16(10-8-14)17-5-4-6-18(11-17)19(12-20(28)29)25-24(32)26-21-22(30)15(2)13-27(3)23(21)31;;/h4-11,13,19,21H,12H2,1-3H3,(H,28,29)(H2,25,26,32);;/q;+1;-1/t19-,21?;;/m0../s1. The Morgan fingerprint density at radius 3 is 2.39 bits per heavy atom. The molecule has 0 spiro atoms. The first kappa shape index (κ1) is 26.3. The molecule has 2 aromatic carbocycles. The van der Waals surface area contributed by atoms with Crippen LogP contribution in [0.4, 0.5) is 4.79 Å². The number of aryl methyl sites for hydroxylation is 1. The molecule has 9 heteroatoms. The Morgan fingerprint density at radius 1 is 1.09 bits per heavy atom. The number of carbonyl (C=O) groups is 4. The van der Waals surface area contributed by atoms with Gasteiger partial charge in [0.1, 0.15) is 0 Å². The number of aliphatic carboxylic acids is 1. The molecule has 168 valence electrons. The van der Waals surface area contributed by atoms with E-state index < -0.39 is 35.8 Å². The fraction of sp³-hybridized carbons (Fsp3) is 0.250. The van der Waals surface area contributed by atoms with Gasteiger partial charge >= 0.3 is 41.6 Å².